The van der Waals surface area contributed by atoms with Gasteiger partial charge in [-0.1, -0.05) is 0 Å². The molecule has 0 saturated carbocycles. The number of hydrogen-bond donors (Lipinski definition) is 3. The number of nitrogens with one attached hydrogen (secondary N) is 2. The van der Waals surface area contributed by atoms with Crippen LogP contribution in [0.5, 0.6) is 0 Å². The summed E-state index contributed by atoms with van der Waals surface area (Å²) in [5, 5.41) is 5.63. The van der Waals surface area contributed by atoms with Crippen molar-refractivity contribution in [1.82, 2.24) is 5.32 Å². The summed E-state index contributed by atoms with van der Waals surface area (Å²) in [5.74, 6) is -0.577. The Morgan fingerprint density at radius 3 is 2.60 bits per heavy atom. The van der Waals surface area contributed by atoms with Crippen molar-refractivity contribution in [2.45, 2.75) is 0 Å². The summed E-state index contributed by atoms with van der Waals surface area (Å²) in [6.07, 6.45) is 0. The van der Waals surface area contributed by atoms with E-state index in [4.69, 9.17) is 5.73 Å². The molecule has 2 aromatic rings. The zero-order valence-electron chi connectivity index (χ0n) is 10.7. The highest BCUT2D eigenvalue weighted by Gasteiger charge is 2.11. The van der Waals surface area contributed by atoms with E-state index >= 15 is 0 Å². The van der Waals surface area contributed by atoms with E-state index in [1.54, 1.807) is 31.3 Å². The number of amides is 1. The fourth-order valence-corrected chi connectivity index (χ4v) is 2.18. The Morgan fingerprint density at radius 1 is 1.20 bits per heavy atom. The van der Waals surface area contributed by atoms with Crippen molar-refractivity contribution in [2.75, 3.05) is 18.1 Å². The van der Waals surface area contributed by atoms with Gasteiger partial charge in [-0.3, -0.25) is 4.79 Å². The average molecular weight is 338 g/mol. The lowest BCUT2D eigenvalue weighted by Crippen LogP contribution is -2.19. The lowest BCUT2D eigenvalue weighted by atomic mass is 10.1. The van der Waals surface area contributed by atoms with Crippen molar-refractivity contribution in [3.05, 3.63) is 52.3 Å². The highest BCUT2D eigenvalue weighted by Crippen LogP contribution is 2.29. The van der Waals surface area contributed by atoms with Gasteiger partial charge in [0.15, 0.2) is 0 Å². The number of carbonyl (C=O) groups excluding carboxylic acids is 1. The number of benzene rings is 2. The van der Waals surface area contributed by atoms with Crippen LogP contribution in [0.25, 0.3) is 0 Å². The molecule has 0 bridgehead atoms. The molecule has 0 spiro atoms. The number of anilines is 3. The predicted molar refractivity (Wildman–Crippen MR) is 81.6 cm³/mol. The fourth-order valence-electron chi connectivity index (χ4n) is 1.73. The van der Waals surface area contributed by atoms with E-state index < -0.39 is 0 Å². The van der Waals surface area contributed by atoms with E-state index in [1.165, 1.54) is 12.1 Å². The molecule has 104 valence electrons. The van der Waals surface area contributed by atoms with Gasteiger partial charge in [-0.05, 0) is 52.3 Å². The van der Waals surface area contributed by atoms with Crippen LogP contribution in [0.1, 0.15) is 10.4 Å². The summed E-state index contributed by atoms with van der Waals surface area (Å²) in [6.45, 7) is 0. The van der Waals surface area contributed by atoms with Crippen LogP contribution in [-0.2, 0) is 0 Å². The maximum absolute atomic E-state index is 13.1. The van der Waals surface area contributed by atoms with Crippen LogP contribution in [0.15, 0.2) is 40.9 Å². The summed E-state index contributed by atoms with van der Waals surface area (Å²) in [4.78, 5) is 11.8. The first-order chi connectivity index (χ1) is 9.51. The largest absolute Gasteiger partial charge is 0.399 e. The van der Waals surface area contributed by atoms with E-state index in [0.29, 0.717) is 27.1 Å². The van der Waals surface area contributed by atoms with Crippen LogP contribution in [0.3, 0.4) is 0 Å². The second-order valence-electron chi connectivity index (χ2n) is 4.13. The van der Waals surface area contributed by atoms with Gasteiger partial charge in [0.05, 0.1) is 16.9 Å². The van der Waals surface area contributed by atoms with Crippen molar-refractivity contribution < 1.29 is 9.18 Å². The van der Waals surface area contributed by atoms with Gasteiger partial charge in [-0.2, -0.15) is 0 Å². The molecule has 0 saturated heterocycles. The Balaban J connectivity index is 2.41. The van der Waals surface area contributed by atoms with Gasteiger partial charge >= 0.3 is 0 Å². The number of hydrogen-bond acceptors (Lipinski definition) is 3. The normalized spacial score (nSPS) is 10.2. The molecule has 0 aliphatic carbocycles. The SMILES string of the molecule is CNC(=O)c1ccc(N)cc1Nc1ccc(F)cc1Br. The lowest BCUT2D eigenvalue weighted by Gasteiger charge is -2.13. The first-order valence-electron chi connectivity index (χ1n) is 5.85. The van der Waals surface area contributed by atoms with Gasteiger partial charge in [0.25, 0.3) is 5.91 Å². The second kappa shape index (κ2) is 5.92. The first kappa shape index (κ1) is 14.3. The number of nitrogens with two attached hydrogens (primary N) is 1. The molecule has 1 amide bonds. The number of carbonyl (C=O) groups is 1. The predicted octanol–water partition coefficient (Wildman–Crippen LogP) is 3.27. The zero-order valence-corrected chi connectivity index (χ0v) is 12.3. The van der Waals surface area contributed by atoms with Crippen LogP contribution in [-0.4, -0.2) is 13.0 Å². The molecule has 2 aromatic carbocycles. The van der Waals surface area contributed by atoms with E-state index in [2.05, 4.69) is 26.6 Å². The fraction of sp³-hybridized carbons (Fsp3) is 0.0714. The van der Waals surface area contributed by atoms with Gasteiger partial charge < -0.3 is 16.4 Å². The quantitative estimate of drug-likeness (QED) is 0.753. The smallest absolute Gasteiger partial charge is 0.253 e. The molecule has 0 fully saturated rings. The van der Waals surface area contributed by atoms with Crippen molar-refractivity contribution in [3.8, 4) is 0 Å². The van der Waals surface area contributed by atoms with E-state index in [0.717, 1.165) is 0 Å². The molecule has 0 radical (unpaired) electrons. The van der Waals surface area contributed by atoms with Gasteiger partial charge in [0.1, 0.15) is 5.82 Å². The molecular formula is C14H13BrFN3O. The summed E-state index contributed by atoms with van der Waals surface area (Å²) in [7, 11) is 1.55. The van der Waals surface area contributed by atoms with E-state index in [1.807, 2.05) is 0 Å². The van der Waals surface area contributed by atoms with Crippen molar-refractivity contribution in [3.63, 3.8) is 0 Å². The van der Waals surface area contributed by atoms with Crippen molar-refractivity contribution >= 4 is 38.9 Å². The maximum Gasteiger partial charge on any atom is 0.253 e. The topological polar surface area (TPSA) is 67.2 Å². The molecule has 0 aliphatic rings. The monoisotopic (exact) mass is 337 g/mol. The minimum Gasteiger partial charge on any atom is -0.399 e. The van der Waals surface area contributed by atoms with E-state index in [9.17, 15) is 9.18 Å². The van der Waals surface area contributed by atoms with Gasteiger partial charge in [0.2, 0.25) is 0 Å². The van der Waals surface area contributed by atoms with Crippen molar-refractivity contribution in [1.29, 1.82) is 0 Å². The molecular weight excluding hydrogens is 325 g/mol. The second-order valence-corrected chi connectivity index (χ2v) is 4.99. The third kappa shape index (κ3) is 3.08. The minimum absolute atomic E-state index is 0.231. The summed E-state index contributed by atoms with van der Waals surface area (Å²) < 4.78 is 13.6. The molecule has 6 heteroatoms. The van der Waals surface area contributed by atoms with Gasteiger partial charge in [-0.25, -0.2) is 4.39 Å². The highest BCUT2D eigenvalue weighted by atomic mass is 79.9. The Labute approximate surface area is 124 Å². The van der Waals surface area contributed by atoms with Crippen LogP contribution in [0, 0.1) is 5.82 Å². The average Bonchev–Trinajstić information content (AvgIpc) is 2.41. The Bertz CT molecular complexity index is 661. The van der Waals surface area contributed by atoms with E-state index in [-0.39, 0.29) is 11.7 Å². The third-order valence-electron chi connectivity index (χ3n) is 2.72. The summed E-state index contributed by atoms with van der Waals surface area (Å²) in [5.41, 5.74) is 7.92. The Kier molecular flexibility index (Phi) is 4.24. The Hall–Kier alpha value is -2.08. The standard InChI is InChI=1S/C14H13BrFN3O/c1-18-14(20)10-4-3-9(17)7-13(10)19-12-5-2-8(16)6-11(12)15/h2-7,19H,17H2,1H3,(H,18,20). The molecule has 4 nitrogen and oxygen atoms in total. The van der Waals surface area contributed by atoms with Crippen LogP contribution in [0.4, 0.5) is 21.5 Å². The molecule has 0 atom stereocenters. The molecule has 0 aliphatic heterocycles. The minimum atomic E-state index is -0.346. The number of rotatable bonds is 3. The lowest BCUT2D eigenvalue weighted by molar-refractivity contribution is 0.0964. The molecule has 0 heterocycles. The maximum atomic E-state index is 13.1. The molecule has 0 unspecified atom stereocenters. The van der Waals surface area contributed by atoms with Crippen LogP contribution in [0.2, 0.25) is 0 Å². The molecule has 20 heavy (non-hydrogen) atoms. The highest BCUT2D eigenvalue weighted by molar-refractivity contribution is 9.10. The van der Waals surface area contributed by atoms with Crippen LogP contribution < -0.4 is 16.4 Å². The van der Waals surface area contributed by atoms with Crippen LogP contribution >= 0.6 is 15.9 Å². The third-order valence-corrected chi connectivity index (χ3v) is 3.37. The molecule has 0 aromatic heterocycles. The summed E-state index contributed by atoms with van der Waals surface area (Å²) in [6, 6.07) is 9.19. The first-order valence-corrected chi connectivity index (χ1v) is 6.64. The van der Waals surface area contributed by atoms with Crippen molar-refractivity contribution in [2.24, 2.45) is 0 Å². The summed E-state index contributed by atoms with van der Waals surface area (Å²) >= 11 is 3.27. The zero-order chi connectivity index (χ0) is 14.7. The van der Waals surface area contributed by atoms with Gasteiger partial charge in [0, 0.05) is 17.2 Å². The Morgan fingerprint density at radius 2 is 1.95 bits per heavy atom. The molecule has 4 N–H and O–H groups in total. The molecule has 2 rings (SSSR count). The number of halogens is 2. The van der Waals surface area contributed by atoms with Gasteiger partial charge in [-0.15, -0.1) is 0 Å². The number of nitrogen functional groups attached to an aromatic ring is 1.